The van der Waals surface area contributed by atoms with Crippen molar-refractivity contribution in [1.29, 1.82) is 0 Å². The van der Waals surface area contributed by atoms with Crippen LogP contribution in [-0.4, -0.2) is 18.2 Å². The van der Waals surface area contributed by atoms with E-state index in [1.165, 1.54) is 0 Å². The third kappa shape index (κ3) is 4.76. The molecule has 0 aliphatic carbocycles. The zero-order chi connectivity index (χ0) is 15.1. The maximum atomic E-state index is 11.7. The summed E-state index contributed by atoms with van der Waals surface area (Å²) in [6.45, 7) is 3.76. The fourth-order valence-corrected chi connectivity index (χ4v) is 1.78. The van der Waals surface area contributed by atoms with E-state index in [2.05, 4.69) is 10.5 Å². The number of benzene rings is 2. The molecular formula is C17H18N2O2. The van der Waals surface area contributed by atoms with Crippen molar-refractivity contribution in [3.05, 3.63) is 65.7 Å². The number of aryl methyl sites for hydroxylation is 1. The minimum absolute atomic E-state index is 0.0605. The van der Waals surface area contributed by atoms with Gasteiger partial charge in [-0.25, -0.2) is 5.43 Å². The molecule has 0 aromatic heterocycles. The monoisotopic (exact) mass is 282 g/mol. The number of amides is 1. The van der Waals surface area contributed by atoms with Crippen molar-refractivity contribution >= 4 is 11.6 Å². The average molecular weight is 282 g/mol. The van der Waals surface area contributed by atoms with Gasteiger partial charge in [0.25, 0.3) is 5.91 Å². The molecule has 0 saturated carbocycles. The zero-order valence-corrected chi connectivity index (χ0v) is 12.2. The molecule has 4 nitrogen and oxygen atoms in total. The van der Waals surface area contributed by atoms with E-state index in [-0.39, 0.29) is 12.5 Å². The van der Waals surface area contributed by atoms with E-state index < -0.39 is 0 Å². The standard InChI is InChI=1S/C17H18N2O2/c1-13-7-6-10-16(11-13)21-12-17(20)19-18-14(2)15-8-4-3-5-9-15/h3-11H,12H2,1-2H3,(H,19,20)/b18-14+. The quantitative estimate of drug-likeness (QED) is 0.677. The van der Waals surface area contributed by atoms with Crippen LogP contribution in [0.25, 0.3) is 0 Å². The first-order valence-corrected chi connectivity index (χ1v) is 6.73. The van der Waals surface area contributed by atoms with Crippen molar-refractivity contribution < 1.29 is 9.53 Å². The third-order valence-electron chi connectivity index (χ3n) is 2.90. The lowest BCUT2D eigenvalue weighted by atomic mass is 10.1. The van der Waals surface area contributed by atoms with Crippen LogP contribution >= 0.6 is 0 Å². The van der Waals surface area contributed by atoms with Gasteiger partial charge in [0.05, 0.1) is 5.71 Å². The molecule has 0 atom stereocenters. The molecule has 0 aliphatic heterocycles. The molecule has 0 bridgehead atoms. The zero-order valence-electron chi connectivity index (χ0n) is 12.2. The fourth-order valence-electron chi connectivity index (χ4n) is 1.78. The van der Waals surface area contributed by atoms with Crippen molar-refractivity contribution in [2.24, 2.45) is 5.10 Å². The van der Waals surface area contributed by atoms with Crippen molar-refractivity contribution in [2.75, 3.05) is 6.61 Å². The first-order chi connectivity index (χ1) is 10.1. The number of carbonyl (C=O) groups excluding carboxylic acids is 1. The van der Waals surface area contributed by atoms with E-state index in [1.807, 2.05) is 68.4 Å². The summed E-state index contributed by atoms with van der Waals surface area (Å²) in [4.78, 5) is 11.7. The first-order valence-electron chi connectivity index (χ1n) is 6.73. The Bertz CT molecular complexity index is 636. The summed E-state index contributed by atoms with van der Waals surface area (Å²) in [5.74, 6) is 0.390. The van der Waals surface area contributed by atoms with Crippen molar-refractivity contribution in [3.63, 3.8) is 0 Å². The fraction of sp³-hybridized carbons (Fsp3) is 0.176. The second kappa shape index (κ2) is 7.24. The molecule has 0 spiro atoms. The first kappa shape index (κ1) is 14.8. The number of hydrazone groups is 1. The number of ether oxygens (including phenoxy) is 1. The van der Waals surface area contributed by atoms with E-state index in [9.17, 15) is 4.79 Å². The van der Waals surface area contributed by atoms with Gasteiger partial charge in [-0.3, -0.25) is 4.79 Å². The highest BCUT2D eigenvalue weighted by molar-refractivity contribution is 5.99. The van der Waals surface area contributed by atoms with E-state index in [1.54, 1.807) is 0 Å². The van der Waals surface area contributed by atoms with Gasteiger partial charge < -0.3 is 4.74 Å². The Labute approximate surface area is 124 Å². The minimum atomic E-state index is -0.285. The second-order valence-corrected chi connectivity index (χ2v) is 4.70. The van der Waals surface area contributed by atoms with E-state index in [4.69, 9.17) is 4.74 Å². The summed E-state index contributed by atoms with van der Waals surface area (Å²) in [6, 6.07) is 17.2. The van der Waals surface area contributed by atoms with Crippen molar-refractivity contribution in [3.8, 4) is 5.75 Å². The Hall–Kier alpha value is -2.62. The van der Waals surface area contributed by atoms with Gasteiger partial charge in [0.2, 0.25) is 0 Å². The lowest BCUT2D eigenvalue weighted by molar-refractivity contribution is -0.123. The Morgan fingerprint density at radius 3 is 2.62 bits per heavy atom. The van der Waals surface area contributed by atoms with E-state index >= 15 is 0 Å². The number of hydrogen-bond donors (Lipinski definition) is 1. The summed E-state index contributed by atoms with van der Waals surface area (Å²) < 4.78 is 5.41. The van der Waals surface area contributed by atoms with Crippen LogP contribution < -0.4 is 10.2 Å². The van der Waals surface area contributed by atoms with Gasteiger partial charge in [-0.1, -0.05) is 42.5 Å². The summed E-state index contributed by atoms with van der Waals surface area (Å²) in [5, 5.41) is 4.06. The molecule has 0 unspecified atom stereocenters. The van der Waals surface area contributed by atoms with Crippen molar-refractivity contribution in [2.45, 2.75) is 13.8 Å². The summed E-state index contributed by atoms with van der Waals surface area (Å²) in [7, 11) is 0. The smallest absolute Gasteiger partial charge is 0.277 e. The topological polar surface area (TPSA) is 50.7 Å². The Balaban J connectivity index is 1.85. The maximum absolute atomic E-state index is 11.7. The molecule has 4 heteroatoms. The van der Waals surface area contributed by atoms with Gasteiger partial charge in [0.1, 0.15) is 5.75 Å². The predicted molar refractivity (Wildman–Crippen MR) is 83.5 cm³/mol. The number of nitrogens with zero attached hydrogens (tertiary/aromatic N) is 1. The van der Waals surface area contributed by atoms with Crippen LogP contribution in [0.5, 0.6) is 5.75 Å². The van der Waals surface area contributed by atoms with Crippen LogP contribution in [0.2, 0.25) is 0 Å². The number of hydrogen-bond acceptors (Lipinski definition) is 3. The van der Waals surface area contributed by atoms with Gasteiger partial charge in [0.15, 0.2) is 6.61 Å². The number of nitrogens with one attached hydrogen (secondary N) is 1. The van der Waals surface area contributed by atoms with E-state index in [0.29, 0.717) is 5.75 Å². The van der Waals surface area contributed by atoms with Crippen LogP contribution in [0.3, 0.4) is 0 Å². The maximum Gasteiger partial charge on any atom is 0.277 e. The molecule has 0 radical (unpaired) electrons. The lowest BCUT2D eigenvalue weighted by Crippen LogP contribution is -2.25. The average Bonchev–Trinajstić information content (AvgIpc) is 2.51. The van der Waals surface area contributed by atoms with Crippen LogP contribution in [0.4, 0.5) is 0 Å². The Morgan fingerprint density at radius 2 is 1.90 bits per heavy atom. The minimum Gasteiger partial charge on any atom is -0.484 e. The molecule has 2 aromatic rings. The Morgan fingerprint density at radius 1 is 1.14 bits per heavy atom. The van der Waals surface area contributed by atoms with Crippen LogP contribution in [0.1, 0.15) is 18.1 Å². The molecule has 1 N–H and O–H groups in total. The molecule has 2 rings (SSSR count). The number of carbonyl (C=O) groups is 1. The Kier molecular flexibility index (Phi) is 5.10. The molecule has 0 aliphatic rings. The summed E-state index contributed by atoms with van der Waals surface area (Å²) in [6.07, 6.45) is 0. The highest BCUT2D eigenvalue weighted by Crippen LogP contribution is 2.11. The van der Waals surface area contributed by atoms with Gasteiger partial charge in [0, 0.05) is 0 Å². The second-order valence-electron chi connectivity index (χ2n) is 4.70. The van der Waals surface area contributed by atoms with Gasteiger partial charge in [-0.2, -0.15) is 5.10 Å². The lowest BCUT2D eigenvalue weighted by Gasteiger charge is -2.06. The summed E-state index contributed by atoms with van der Waals surface area (Å²) in [5.41, 5.74) is 5.30. The molecule has 108 valence electrons. The largest absolute Gasteiger partial charge is 0.484 e. The number of rotatable bonds is 5. The molecule has 0 fully saturated rings. The third-order valence-corrected chi connectivity index (χ3v) is 2.90. The molecule has 2 aromatic carbocycles. The molecule has 21 heavy (non-hydrogen) atoms. The summed E-state index contributed by atoms with van der Waals surface area (Å²) >= 11 is 0. The predicted octanol–water partition coefficient (Wildman–Crippen LogP) is 2.91. The van der Waals surface area contributed by atoms with Crippen LogP contribution in [0.15, 0.2) is 59.7 Å². The molecule has 0 heterocycles. The highest BCUT2D eigenvalue weighted by Gasteiger charge is 2.02. The molecular weight excluding hydrogens is 264 g/mol. The van der Waals surface area contributed by atoms with Gasteiger partial charge in [-0.05, 0) is 37.1 Å². The normalized spacial score (nSPS) is 11.0. The molecule has 0 saturated heterocycles. The van der Waals surface area contributed by atoms with E-state index in [0.717, 1.165) is 16.8 Å². The van der Waals surface area contributed by atoms with Gasteiger partial charge >= 0.3 is 0 Å². The van der Waals surface area contributed by atoms with Crippen molar-refractivity contribution in [1.82, 2.24) is 5.43 Å². The highest BCUT2D eigenvalue weighted by atomic mass is 16.5. The van der Waals surface area contributed by atoms with Gasteiger partial charge in [-0.15, -0.1) is 0 Å². The molecule has 1 amide bonds. The van der Waals surface area contributed by atoms with Crippen LogP contribution in [-0.2, 0) is 4.79 Å². The SMILES string of the molecule is C/C(=N\NC(=O)COc1cccc(C)c1)c1ccccc1. The van der Waals surface area contributed by atoms with Crippen LogP contribution in [0, 0.1) is 6.92 Å².